The molecule has 0 amide bonds. The number of morpholine rings is 1. The summed E-state index contributed by atoms with van der Waals surface area (Å²) < 4.78 is 7.89. The third-order valence-corrected chi connectivity index (χ3v) is 3.65. The summed E-state index contributed by atoms with van der Waals surface area (Å²) in [6, 6.07) is 0.280. The lowest BCUT2D eigenvalue weighted by molar-refractivity contribution is -0.0376. The van der Waals surface area contributed by atoms with Gasteiger partial charge < -0.3 is 15.0 Å². The predicted octanol–water partition coefficient (Wildman–Crippen LogP) is 0.149. The van der Waals surface area contributed by atoms with Crippen LogP contribution in [0, 0.1) is 0 Å². The molecule has 0 radical (unpaired) electrons. The van der Waals surface area contributed by atoms with Crippen molar-refractivity contribution in [1.29, 1.82) is 0 Å². The minimum atomic E-state index is 0.218. The molecule has 1 aliphatic heterocycles. The topological polar surface area (TPSA) is 55.2 Å². The van der Waals surface area contributed by atoms with E-state index in [0.717, 1.165) is 44.9 Å². The zero-order valence-electron chi connectivity index (χ0n) is 12.2. The van der Waals surface area contributed by atoms with Crippen molar-refractivity contribution in [3.05, 3.63) is 12.2 Å². The Morgan fingerprint density at radius 1 is 1.58 bits per heavy atom. The van der Waals surface area contributed by atoms with E-state index in [1.165, 1.54) is 0 Å². The van der Waals surface area contributed by atoms with Crippen LogP contribution in [0.3, 0.4) is 0 Å². The monoisotopic (exact) mass is 267 g/mol. The molecular weight excluding hydrogens is 242 g/mol. The molecule has 1 aromatic heterocycles. The minimum absolute atomic E-state index is 0.218. The van der Waals surface area contributed by atoms with Gasteiger partial charge in [-0.25, -0.2) is 4.98 Å². The molecule has 19 heavy (non-hydrogen) atoms. The van der Waals surface area contributed by atoms with E-state index in [1.54, 1.807) is 6.33 Å². The zero-order chi connectivity index (χ0) is 13.7. The molecule has 2 rings (SSSR count). The van der Waals surface area contributed by atoms with Gasteiger partial charge in [0.25, 0.3) is 0 Å². The van der Waals surface area contributed by atoms with Crippen LogP contribution in [0.4, 0.5) is 0 Å². The maximum atomic E-state index is 5.89. The van der Waals surface area contributed by atoms with Gasteiger partial charge in [0.15, 0.2) is 0 Å². The summed E-state index contributed by atoms with van der Waals surface area (Å²) in [6.45, 7) is 5.87. The molecule has 0 saturated carbocycles. The highest BCUT2D eigenvalue weighted by molar-refractivity contribution is 4.94. The number of hydrogen-bond donors (Lipinski definition) is 1. The van der Waals surface area contributed by atoms with Gasteiger partial charge in [-0.2, -0.15) is 5.10 Å². The lowest BCUT2D eigenvalue weighted by Gasteiger charge is -2.35. The van der Waals surface area contributed by atoms with Gasteiger partial charge in [0.2, 0.25) is 0 Å². The van der Waals surface area contributed by atoms with Crippen molar-refractivity contribution in [2.45, 2.75) is 38.5 Å². The van der Waals surface area contributed by atoms with Crippen molar-refractivity contribution < 1.29 is 4.74 Å². The highest BCUT2D eigenvalue weighted by atomic mass is 16.5. The van der Waals surface area contributed by atoms with Crippen LogP contribution in [0.2, 0.25) is 0 Å². The van der Waals surface area contributed by atoms with Crippen molar-refractivity contribution in [3.63, 3.8) is 0 Å². The van der Waals surface area contributed by atoms with Crippen molar-refractivity contribution in [2.75, 3.05) is 33.8 Å². The molecule has 108 valence electrons. The molecule has 0 spiro atoms. The third-order valence-electron chi connectivity index (χ3n) is 3.65. The molecule has 1 N–H and O–H groups in total. The van der Waals surface area contributed by atoms with E-state index in [4.69, 9.17) is 4.74 Å². The van der Waals surface area contributed by atoms with E-state index in [0.29, 0.717) is 0 Å². The Bertz CT molecular complexity index is 381. The molecule has 2 heterocycles. The fourth-order valence-electron chi connectivity index (χ4n) is 2.52. The van der Waals surface area contributed by atoms with Crippen LogP contribution < -0.4 is 5.32 Å². The van der Waals surface area contributed by atoms with E-state index in [9.17, 15) is 0 Å². The van der Waals surface area contributed by atoms with Crippen LogP contribution >= 0.6 is 0 Å². The molecule has 2 unspecified atom stereocenters. The lowest BCUT2D eigenvalue weighted by atomic mass is 10.1. The molecule has 1 aromatic rings. The van der Waals surface area contributed by atoms with Gasteiger partial charge in [0.05, 0.1) is 12.7 Å². The first-order valence-electron chi connectivity index (χ1n) is 7.08. The highest BCUT2D eigenvalue weighted by Gasteiger charge is 2.27. The summed E-state index contributed by atoms with van der Waals surface area (Å²) in [7, 11) is 4.13. The molecule has 6 heteroatoms. The Morgan fingerprint density at radius 3 is 3.11 bits per heavy atom. The minimum Gasteiger partial charge on any atom is -0.374 e. The van der Waals surface area contributed by atoms with Gasteiger partial charge in [-0.15, -0.1) is 0 Å². The standard InChI is InChI=1S/C13H25N5O/c1-4-5-18-13(15-10-16-18)8-11(14-2)12-9-17(3)6-7-19-12/h10-12,14H,4-9H2,1-3H3. The smallest absolute Gasteiger partial charge is 0.138 e. The van der Waals surface area contributed by atoms with E-state index in [2.05, 4.69) is 34.3 Å². The summed E-state index contributed by atoms with van der Waals surface area (Å²) in [5, 5.41) is 7.65. The van der Waals surface area contributed by atoms with Crippen molar-refractivity contribution in [2.24, 2.45) is 0 Å². The second-order valence-corrected chi connectivity index (χ2v) is 5.17. The number of ether oxygens (including phenoxy) is 1. The molecule has 0 bridgehead atoms. The summed E-state index contributed by atoms with van der Waals surface area (Å²) in [4.78, 5) is 6.69. The molecule has 1 aliphatic rings. The molecule has 1 fully saturated rings. The lowest BCUT2D eigenvalue weighted by Crippen LogP contribution is -2.51. The van der Waals surface area contributed by atoms with Crippen LogP contribution in [-0.4, -0.2) is 65.6 Å². The van der Waals surface area contributed by atoms with Gasteiger partial charge in [-0.05, 0) is 20.5 Å². The summed E-state index contributed by atoms with van der Waals surface area (Å²) >= 11 is 0. The summed E-state index contributed by atoms with van der Waals surface area (Å²) in [5.41, 5.74) is 0. The highest BCUT2D eigenvalue weighted by Crippen LogP contribution is 2.11. The van der Waals surface area contributed by atoms with Crippen molar-refractivity contribution in [1.82, 2.24) is 25.0 Å². The molecule has 6 nitrogen and oxygen atoms in total. The Labute approximate surface area is 115 Å². The number of rotatable bonds is 6. The molecule has 2 atom stereocenters. The number of aromatic nitrogens is 3. The Morgan fingerprint density at radius 2 is 2.42 bits per heavy atom. The quantitative estimate of drug-likeness (QED) is 0.795. The second kappa shape index (κ2) is 6.98. The maximum absolute atomic E-state index is 5.89. The second-order valence-electron chi connectivity index (χ2n) is 5.17. The number of hydrogen-bond acceptors (Lipinski definition) is 5. The number of nitrogens with one attached hydrogen (secondary N) is 1. The number of nitrogens with zero attached hydrogens (tertiary/aromatic N) is 4. The molecule has 1 saturated heterocycles. The van der Waals surface area contributed by atoms with Crippen LogP contribution in [-0.2, 0) is 17.7 Å². The third kappa shape index (κ3) is 3.75. The van der Waals surface area contributed by atoms with Crippen LogP contribution in [0.5, 0.6) is 0 Å². The van der Waals surface area contributed by atoms with Gasteiger partial charge in [-0.3, -0.25) is 4.68 Å². The summed E-state index contributed by atoms with van der Waals surface area (Å²) in [5.74, 6) is 1.04. The van der Waals surface area contributed by atoms with Gasteiger partial charge in [0.1, 0.15) is 12.2 Å². The van der Waals surface area contributed by atoms with E-state index < -0.39 is 0 Å². The largest absolute Gasteiger partial charge is 0.374 e. The van der Waals surface area contributed by atoms with Crippen LogP contribution in [0.25, 0.3) is 0 Å². The first kappa shape index (κ1) is 14.4. The predicted molar refractivity (Wildman–Crippen MR) is 74.1 cm³/mol. The van der Waals surface area contributed by atoms with Gasteiger partial charge in [-0.1, -0.05) is 6.92 Å². The van der Waals surface area contributed by atoms with Crippen LogP contribution in [0.15, 0.2) is 6.33 Å². The number of likely N-dealkylation sites (N-methyl/N-ethyl adjacent to an activating group) is 2. The molecule has 0 aromatic carbocycles. The Hall–Kier alpha value is -0.980. The van der Waals surface area contributed by atoms with Crippen molar-refractivity contribution in [3.8, 4) is 0 Å². The van der Waals surface area contributed by atoms with Crippen LogP contribution in [0.1, 0.15) is 19.2 Å². The first-order chi connectivity index (χ1) is 9.24. The normalized spacial score (nSPS) is 22.6. The summed E-state index contributed by atoms with van der Waals surface area (Å²) in [6.07, 6.45) is 3.79. The van der Waals surface area contributed by atoms with Crippen molar-refractivity contribution >= 4 is 0 Å². The Balaban J connectivity index is 1.99. The molecular formula is C13H25N5O. The van der Waals surface area contributed by atoms with E-state index >= 15 is 0 Å². The Kier molecular flexibility index (Phi) is 5.30. The average Bonchev–Trinajstić information content (AvgIpc) is 2.84. The molecule has 0 aliphatic carbocycles. The maximum Gasteiger partial charge on any atom is 0.138 e. The van der Waals surface area contributed by atoms with E-state index in [1.807, 2.05) is 11.7 Å². The number of aryl methyl sites for hydroxylation is 1. The van der Waals surface area contributed by atoms with E-state index in [-0.39, 0.29) is 12.1 Å². The SMILES string of the molecule is CCCn1ncnc1CC(NC)C1CN(C)CCO1. The fraction of sp³-hybridized carbons (Fsp3) is 0.846. The van der Waals surface area contributed by atoms with Gasteiger partial charge >= 0.3 is 0 Å². The zero-order valence-corrected chi connectivity index (χ0v) is 12.2. The first-order valence-corrected chi connectivity index (χ1v) is 7.08. The van der Waals surface area contributed by atoms with Gasteiger partial charge in [0, 0.05) is 32.1 Å². The fourth-order valence-corrected chi connectivity index (χ4v) is 2.52. The average molecular weight is 267 g/mol.